The van der Waals surface area contributed by atoms with Crippen LogP contribution in [0.3, 0.4) is 0 Å². The van der Waals surface area contributed by atoms with Crippen LogP contribution in [0.25, 0.3) is 0 Å². The molecule has 1 nitrogen and oxygen atoms in total. The van der Waals surface area contributed by atoms with E-state index in [0.29, 0.717) is 0 Å². The molecule has 0 aromatic carbocycles. The summed E-state index contributed by atoms with van der Waals surface area (Å²) in [6.45, 7) is 4.96. The lowest BCUT2D eigenvalue weighted by Gasteiger charge is -2.31. The van der Waals surface area contributed by atoms with Gasteiger partial charge in [-0.05, 0) is 43.5 Å². The van der Waals surface area contributed by atoms with Crippen LogP contribution >= 0.6 is 11.8 Å². The second-order valence-corrected chi connectivity index (χ2v) is 6.08. The van der Waals surface area contributed by atoms with Crippen molar-refractivity contribution in [2.24, 2.45) is 11.8 Å². The lowest BCUT2D eigenvalue weighted by Crippen LogP contribution is -2.43. The van der Waals surface area contributed by atoms with Gasteiger partial charge < -0.3 is 5.32 Å². The summed E-state index contributed by atoms with van der Waals surface area (Å²) in [7, 11) is 0. The van der Waals surface area contributed by atoms with Crippen molar-refractivity contribution in [2.75, 3.05) is 18.8 Å². The van der Waals surface area contributed by atoms with Gasteiger partial charge in [0.2, 0.25) is 0 Å². The van der Waals surface area contributed by atoms with E-state index in [4.69, 9.17) is 0 Å². The Labute approximate surface area is 86.0 Å². The largest absolute Gasteiger partial charge is 0.316 e. The van der Waals surface area contributed by atoms with Gasteiger partial charge in [0.05, 0.1) is 0 Å². The van der Waals surface area contributed by atoms with E-state index in [9.17, 15) is 0 Å². The summed E-state index contributed by atoms with van der Waals surface area (Å²) < 4.78 is 0. The van der Waals surface area contributed by atoms with Crippen molar-refractivity contribution in [1.82, 2.24) is 5.32 Å². The van der Waals surface area contributed by atoms with Gasteiger partial charge in [-0.25, -0.2) is 0 Å². The van der Waals surface area contributed by atoms with Gasteiger partial charge in [-0.3, -0.25) is 0 Å². The van der Waals surface area contributed by atoms with E-state index in [-0.39, 0.29) is 0 Å². The molecule has 1 saturated carbocycles. The average molecular weight is 199 g/mol. The summed E-state index contributed by atoms with van der Waals surface area (Å²) in [6.07, 6.45) is 5.91. The minimum Gasteiger partial charge on any atom is -0.316 e. The Morgan fingerprint density at radius 2 is 2.15 bits per heavy atom. The van der Waals surface area contributed by atoms with Crippen LogP contribution in [0.5, 0.6) is 0 Å². The molecule has 0 bridgehead atoms. The molecule has 1 saturated heterocycles. The van der Waals surface area contributed by atoms with Crippen LogP contribution in [0.2, 0.25) is 0 Å². The molecule has 1 aliphatic carbocycles. The Morgan fingerprint density at radius 1 is 1.31 bits per heavy atom. The molecule has 0 radical (unpaired) electrons. The van der Waals surface area contributed by atoms with Crippen molar-refractivity contribution >= 4 is 11.8 Å². The molecule has 13 heavy (non-hydrogen) atoms. The molecule has 1 aliphatic heterocycles. The average Bonchev–Trinajstić information content (AvgIpc) is 2.01. The van der Waals surface area contributed by atoms with Crippen molar-refractivity contribution in [3.05, 3.63) is 0 Å². The Morgan fingerprint density at radius 3 is 2.77 bits per heavy atom. The number of hydrogen-bond donors (Lipinski definition) is 1. The van der Waals surface area contributed by atoms with E-state index >= 15 is 0 Å². The molecule has 76 valence electrons. The molecular formula is C11H21NS. The molecule has 0 aromatic rings. The van der Waals surface area contributed by atoms with Crippen molar-refractivity contribution in [3.63, 3.8) is 0 Å². The predicted molar refractivity (Wildman–Crippen MR) is 60.2 cm³/mol. The van der Waals surface area contributed by atoms with Gasteiger partial charge in [-0.15, -0.1) is 0 Å². The molecular weight excluding hydrogens is 178 g/mol. The van der Waals surface area contributed by atoms with Crippen LogP contribution in [-0.2, 0) is 0 Å². The molecule has 1 heterocycles. The Bertz CT molecular complexity index is 156. The standard InChI is InChI=1S/C11H21NS/c1-9-3-2-4-11(5-9)13-8-10-6-12-7-10/h9-12H,2-8H2,1H3. The smallest absolute Gasteiger partial charge is 0.00497 e. The number of nitrogens with one attached hydrogen (secondary N) is 1. The molecule has 0 aromatic heterocycles. The van der Waals surface area contributed by atoms with Gasteiger partial charge in [0.1, 0.15) is 0 Å². The van der Waals surface area contributed by atoms with Crippen LogP contribution in [0.4, 0.5) is 0 Å². The second kappa shape index (κ2) is 4.70. The van der Waals surface area contributed by atoms with E-state index in [1.807, 2.05) is 0 Å². The molecule has 2 heteroatoms. The second-order valence-electron chi connectivity index (χ2n) is 4.75. The number of rotatable bonds is 3. The summed E-state index contributed by atoms with van der Waals surface area (Å²) >= 11 is 2.25. The van der Waals surface area contributed by atoms with Gasteiger partial charge in [0.25, 0.3) is 0 Å². The van der Waals surface area contributed by atoms with Crippen LogP contribution in [0, 0.1) is 11.8 Å². The van der Waals surface area contributed by atoms with Gasteiger partial charge in [-0.2, -0.15) is 11.8 Å². The summed E-state index contributed by atoms with van der Waals surface area (Å²) in [5.74, 6) is 3.39. The fraction of sp³-hybridized carbons (Fsp3) is 1.00. The zero-order chi connectivity index (χ0) is 9.10. The minimum atomic E-state index is 0.988. The van der Waals surface area contributed by atoms with Crippen molar-refractivity contribution in [1.29, 1.82) is 0 Å². The highest BCUT2D eigenvalue weighted by Crippen LogP contribution is 2.33. The quantitative estimate of drug-likeness (QED) is 0.749. The third kappa shape index (κ3) is 2.88. The fourth-order valence-corrected chi connectivity index (χ4v) is 3.85. The van der Waals surface area contributed by atoms with Gasteiger partial charge in [-0.1, -0.05) is 19.8 Å². The Kier molecular flexibility index (Phi) is 3.56. The van der Waals surface area contributed by atoms with E-state index < -0.39 is 0 Å². The highest BCUT2D eigenvalue weighted by Gasteiger charge is 2.22. The fourth-order valence-electron chi connectivity index (χ4n) is 2.27. The highest BCUT2D eigenvalue weighted by molar-refractivity contribution is 7.99. The van der Waals surface area contributed by atoms with E-state index in [1.54, 1.807) is 0 Å². The zero-order valence-electron chi connectivity index (χ0n) is 8.59. The monoisotopic (exact) mass is 199 g/mol. The Hall–Kier alpha value is 0.310. The molecule has 1 N–H and O–H groups in total. The summed E-state index contributed by atoms with van der Waals surface area (Å²) in [5, 5.41) is 4.33. The molecule has 0 amide bonds. The highest BCUT2D eigenvalue weighted by atomic mass is 32.2. The summed E-state index contributed by atoms with van der Waals surface area (Å²) in [6, 6.07) is 0. The van der Waals surface area contributed by atoms with E-state index in [0.717, 1.165) is 17.1 Å². The maximum atomic E-state index is 3.34. The molecule has 0 spiro atoms. The number of hydrogen-bond acceptors (Lipinski definition) is 2. The van der Waals surface area contributed by atoms with Gasteiger partial charge in [0.15, 0.2) is 0 Å². The summed E-state index contributed by atoms with van der Waals surface area (Å²) in [4.78, 5) is 0. The third-order valence-electron chi connectivity index (χ3n) is 3.32. The van der Waals surface area contributed by atoms with Crippen LogP contribution in [0.1, 0.15) is 32.6 Å². The first-order chi connectivity index (χ1) is 6.34. The first kappa shape index (κ1) is 9.85. The van der Waals surface area contributed by atoms with Gasteiger partial charge >= 0.3 is 0 Å². The van der Waals surface area contributed by atoms with Crippen molar-refractivity contribution < 1.29 is 0 Å². The molecule has 2 aliphatic rings. The minimum absolute atomic E-state index is 0.988. The first-order valence-corrected chi connectivity index (χ1v) is 6.72. The zero-order valence-corrected chi connectivity index (χ0v) is 9.41. The molecule has 2 atom stereocenters. The van der Waals surface area contributed by atoms with Crippen molar-refractivity contribution in [3.8, 4) is 0 Å². The van der Waals surface area contributed by atoms with Crippen LogP contribution in [0.15, 0.2) is 0 Å². The molecule has 2 fully saturated rings. The normalized spacial score (nSPS) is 35.8. The van der Waals surface area contributed by atoms with Gasteiger partial charge in [0, 0.05) is 5.25 Å². The van der Waals surface area contributed by atoms with Crippen LogP contribution in [-0.4, -0.2) is 24.1 Å². The Balaban J connectivity index is 1.62. The first-order valence-electron chi connectivity index (χ1n) is 5.67. The lowest BCUT2D eigenvalue weighted by molar-refractivity contribution is 0.378. The van der Waals surface area contributed by atoms with E-state index in [1.165, 1.54) is 44.5 Å². The van der Waals surface area contributed by atoms with Crippen LogP contribution < -0.4 is 5.32 Å². The maximum Gasteiger partial charge on any atom is 0.00497 e. The topological polar surface area (TPSA) is 12.0 Å². The lowest BCUT2D eigenvalue weighted by atomic mass is 9.91. The SMILES string of the molecule is CC1CCCC(SCC2CNC2)C1. The predicted octanol–water partition coefficient (Wildman–Crippen LogP) is 2.52. The third-order valence-corrected chi connectivity index (χ3v) is 4.89. The summed E-state index contributed by atoms with van der Waals surface area (Å²) in [5.41, 5.74) is 0. The van der Waals surface area contributed by atoms with Crippen molar-refractivity contribution in [2.45, 2.75) is 37.9 Å². The molecule has 2 unspecified atom stereocenters. The maximum absolute atomic E-state index is 3.34. The van der Waals surface area contributed by atoms with E-state index in [2.05, 4.69) is 24.0 Å². The molecule has 2 rings (SSSR count). The number of thioether (sulfide) groups is 1.